The van der Waals surface area contributed by atoms with Gasteiger partial charge in [0.15, 0.2) is 5.78 Å². The summed E-state index contributed by atoms with van der Waals surface area (Å²) >= 11 is 4.91. The summed E-state index contributed by atoms with van der Waals surface area (Å²) in [5.41, 5.74) is 0. The van der Waals surface area contributed by atoms with E-state index in [1.165, 1.54) is 24.2 Å². The van der Waals surface area contributed by atoms with Gasteiger partial charge in [0.05, 0.1) is 11.4 Å². The molecule has 0 atom stereocenters. The normalized spacial score (nSPS) is 17.5. The third-order valence-corrected chi connectivity index (χ3v) is 4.32. The standard InChI is InChI=1S/C10H12BrNOS/c11-8-3-6-14-10(8)9(13)7-12-4-1-2-5-12/h3,6H,1-2,4-5,7H2. The average Bonchev–Trinajstić information content (AvgIpc) is 2.75. The summed E-state index contributed by atoms with van der Waals surface area (Å²) in [4.78, 5) is 14.9. The van der Waals surface area contributed by atoms with Crippen LogP contribution in [0.3, 0.4) is 0 Å². The van der Waals surface area contributed by atoms with Gasteiger partial charge in [0, 0.05) is 4.47 Å². The number of nitrogens with zero attached hydrogens (tertiary/aromatic N) is 1. The SMILES string of the molecule is O=C(CN1CCCC1)c1sccc1Br. The van der Waals surface area contributed by atoms with E-state index < -0.39 is 0 Å². The minimum Gasteiger partial charge on any atom is -0.296 e. The van der Waals surface area contributed by atoms with Gasteiger partial charge < -0.3 is 0 Å². The first-order valence-electron chi connectivity index (χ1n) is 4.76. The number of Topliss-reactive ketones (excluding diaryl/α,β-unsaturated/α-hetero) is 1. The Labute approximate surface area is 96.0 Å². The van der Waals surface area contributed by atoms with Crippen molar-refractivity contribution in [3.8, 4) is 0 Å². The lowest BCUT2D eigenvalue weighted by Crippen LogP contribution is -2.26. The molecule has 0 spiro atoms. The van der Waals surface area contributed by atoms with Crippen LogP contribution in [-0.2, 0) is 0 Å². The molecule has 1 aromatic rings. The molecule has 1 aliphatic heterocycles. The number of carbonyl (C=O) groups excluding carboxylic acids is 1. The molecular formula is C10H12BrNOS. The topological polar surface area (TPSA) is 20.3 Å². The summed E-state index contributed by atoms with van der Waals surface area (Å²) in [7, 11) is 0. The van der Waals surface area contributed by atoms with E-state index >= 15 is 0 Å². The van der Waals surface area contributed by atoms with E-state index in [1.807, 2.05) is 11.4 Å². The molecule has 0 unspecified atom stereocenters. The molecule has 0 amide bonds. The Morgan fingerprint density at radius 1 is 1.50 bits per heavy atom. The van der Waals surface area contributed by atoms with Gasteiger partial charge in [0.2, 0.25) is 0 Å². The molecular weight excluding hydrogens is 262 g/mol. The van der Waals surface area contributed by atoms with Crippen molar-refractivity contribution in [1.29, 1.82) is 0 Å². The monoisotopic (exact) mass is 273 g/mol. The molecule has 4 heteroatoms. The Bertz CT molecular complexity index is 331. The summed E-state index contributed by atoms with van der Waals surface area (Å²) in [6.45, 7) is 2.74. The van der Waals surface area contributed by atoms with Crippen molar-refractivity contribution in [3.63, 3.8) is 0 Å². The quantitative estimate of drug-likeness (QED) is 0.790. The second-order valence-corrected chi connectivity index (χ2v) is 5.27. The number of likely N-dealkylation sites (tertiary alicyclic amines) is 1. The number of thiophene rings is 1. The lowest BCUT2D eigenvalue weighted by atomic mass is 10.3. The van der Waals surface area contributed by atoms with E-state index in [9.17, 15) is 4.79 Å². The third kappa shape index (κ3) is 2.24. The van der Waals surface area contributed by atoms with Gasteiger partial charge in [-0.2, -0.15) is 0 Å². The molecule has 76 valence electrons. The largest absolute Gasteiger partial charge is 0.296 e. The van der Waals surface area contributed by atoms with Gasteiger partial charge in [-0.25, -0.2) is 0 Å². The molecule has 0 bridgehead atoms. The van der Waals surface area contributed by atoms with Gasteiger partial charge in [-0.1, -0.05) is 0 Å². The Morgan fingerprint density at radius 3 is 2.79 bits per heavy atom. The molecule has 0 saturated carbocycles. The number of rotatable bonds is 3. The first kappa shape index (κ1) is 10.3. The zero-order valence-corrected chi connectivity index (χ0v) is 10.2. The van der Waals surface area contributed by atoms with Crippen LogP contribution in [0.4, 0.5) is 0 Å². The van der Waals surface area contributed by atoms with E-state index in [-0.39, 0.29) is 5.78 Å². The van der Waals surface area contributed by atoms with E-state index in [1.54, 1.807) is 0 Å². The molecule has 2 nitrogen and oxygen atoms in total. The molecule has 0 aliphatic carbocycles. The van der Waals surface area contributed by atoms with Crippen LogP contribution in [0.5, 0.6) is 0 Å². The minimum absolute atomic E-state index is 0.244. The highest BCUT2D eigenvalue weighted by Crippen LogP contribution is 2.23. The molecule has 1 aliphatic rings. The molecule has 0 radical (unpaired) electrons. The highest BCUT2D eigenvalue weighted by molar-refractivity contribution is 9.10. The lowest BCUT2D eigenvalue weighted by molar-refractivity contribution is 0.0948. The van der Waals surface area contributed by atoms with Gasteiger partial charge in [-0.3, -0.25) is 9.69 Å². The van der Waals surface area contributed by atoms with Crippen molar-refractivity contribution >= 4 is 33.0 Å². The van der Waals surface area contributed by atoms with Gasteiger partial charge in [0.25, 0.3) is 0 Å². The van der Waals surface area contributed by atoms with Crippen molar-refractivity contribution in [2.24, 2.45) is 0 Å². The maximum Gasteiger partial charge on any atom is 0.187 e. The van der Waals surface area contributed by atoms with Crippen LogP contribution in [0.25, 0.3) is 0 Å². The fourth-order valence-corrected chi connectivity index (χ4v) is 3.23. The summed E-state index contributed by atoms with van der Waals surface area (Å²) in [5.74, 6) is 0.244. The van der Waals surface area contributed by atoms with Crippen molar-refractivity contribution in [2.45, 2.75) is 12.8 Å². The second-order valence-electron chi connectivity index (χ2n) is 3.50. The van der Waals surface area contributed by atoms with E-state index in [2.05, 4.69) is 20.8 Å². The van der Waals surface area contributed by atoms with E-state index in [0.29, 0.717) is 6.54 Å². The predicted molar refractivity (Wildman–Crippen MR) is 62.0 cm³/mol. The summed E-state index contributed by atoms with van der Waals surface area (Å²) in [6.07, 6.45) is 2.47. The Hall–Kier alpha value is -0.190. The third-order valence-electron chi connectivity index (χ3n) is 2.44. The second kappa shape index (κ2) is 4.55. The van der Waals surface area contributed by atoms with Crippen LogP contribution in [-0.4, -0.2) is 30.3 Å². The predicted octanol–water partition coefficient (Wildman–Crippen LogP) is 2.79. The highest BCUT2D eigenvalue weighted by atomic mass is 79.9. The van der Waals surface area contributed by atoms with Crippen LogP contribution < -0.4 is 0 Å². The molecule has 0 aromatic carbocycles. The van der Waals surface area contributed by atoms with Gasteiger partial charge >= 0.3 is 0 Å². The highest BCUT2D eigenvalue weighted by Gasteiger charge is 2.18. The van der Waals surface area contributed by atoms with Crippen molar-refractivity contribution in [1.82, 2.24) is 4.90 Å². The van der Waals surface area contributed by atoms with Crippen LogP contribution >= 0.6 is 27.3 Å². The molecule has 1 saturated heterocycles. The first-order valence-corrected chi connectivity index (χ1v) is 6.43. The van der Waals surface area contributed by atoms with Crippen molar-refractivity contribution < 1.29 is 4.79 Å². The Kier molecular flexibility index (Phi) is 3.36. The molecule has 14 heavy (non-hydrogen) atoms. The lowest BCUT2D eigenvalue weighted by Gasteiger charge is -2.12. The van der Waals surface area contributed by atoms with Crippen LogP contribution in [0.15, 0.2) is 15.9 Å². The van der Waals surface area contributed by atoms with Gasteiger partial charge in [0.1, 0.15) is 0 Å². The molecule has 1 aromatic heterocycles. The Morgan fingerprint density at radius 2 is 2.21 bits per heavy atom. The number of hydrogen-bond donors (Lipinski definition) is 0. The molecule has 1 fully saturated rings. The molecule has 0 N–H and O–H groups in total. The zero-order chi connectivity index (χ0) is 9.97. The maximum absolute atomic E-state index is 11.8. The van der Waals surface area contributed by atoms with Crippen LogP contribution in [0, 0.1) is 0 Å². The maximum atomic E-state index is 11.8. The average molecular weight is 274 g/mol. The first-order chi connectivity index (χ1) is 6.77. The van der Waals surface area contributed by atoms with Crippen LogP contribution in [0.2, 0.25) is 0 Å². The summed E-state index contributed by atoms with van der Waals surface area (Å²) in [6, 6.07) is 1.93. The fourth-order valence-electron chi connectivity index (χ4n) is 1.71. The minimum atomic E-state index is 0.244. The van der Waals surface area contributed by atoms with Gasteiger partial charge in [-0.15, -0.1) is 11.3 Å². The van der Waals surface area contributed by atoms with Crippen molar-refractivity contribution in [2.75, 3.05) is 19.6 Å². The number of ketones is 1. The van der Waals surface area contributed by atoms with Crippen molar-refractivity contribution in [3.05, 3.63) is 20.8 Å². The van der Waals surface area contributed by atoms with E-state index in [0.717, 1.165) is 22.4 Å². The van der Waals surface area contributed by atoms with Crippen LogP contribution in [0.1, 0.15) is 22.5 Å². The Balaban J connectivity index is 1.98. The number of hydrogen-bond acceptors (Lipinski definition) is 3. The number of halogens is 1. The smallest absolute Gasteiger partial charge is 0.187 e. The number of carbonyl (C=O) groups is 1. The molecule has 2 rings (SSSR count). The molecule has 2 heterocycles. The zero-order valence-electron chi connectivity index (χ0n) is 7.83. The van der Waals surface area contributed by atoms with Gasteiger partial charge in [-0.05, 0) is 53.3 Å². The summed E-state index contributed by atoms with van der Waals surface area (Å²) in [5, 5.41) is 1.95. The van der Waals surface area contributed by atoms with E-state index in [4.69, 9.17) is 0 Å². The summed E-state index contributed by atoms with van der Waals surface area (Å²) < 4.78 is 0.937. The fraction of sp³-hybridized carbons (Fsp3) is 0.500.